The minimum absolute atomic E-state index is 0.173. The molecule has 2 amide bonds. The van der Waals surface area contributed by atoms with Crippen LogP contribution < -0.4 is 5.32 Å². The molecule has 1 aliphatic heterocycles. The molecule has 0 aliphatic carbocycles. The fourth-order valence-corrected chi connectivity index (χ4v) is 2.82. The molecule has 6 heteroatoms. The lowest BCUT2D eigenvalue weighted by molar-refractivity contribution is -0.127. The van der Waals surface area contributed by atoms with Gasteiger partial charge in [-0.25, -0.2) is 0 Å². The molecule has 1 fully saturated rings. The SMILES string of the molecule is Cc1ccc(-c2cc(C(=O)NCCCN3CCCC3=O)[nH]n2)cc1. The maximum absolute atomic E-state index is 12.1. The summed E-state index contributed by atoms with van der Waals surface area (Å²) in [6, 6.07) is 9.76. The first kappa shape index (κ1) is 16.2. The van der Waals surface area contributed by atoms with E-state index in [1.165, 1.54) is 5.56 Å². The number of aromatic nitrogens is 2. The van der Waals surface area contributed by atoms with E-state index in [1.54, 1.807) is 6.07 Å². The predicted molar refractivity (Wildman–Crippen MR) is 91.5 cm³/mol. The number of rotatable bonds is 6. The van der Waals surface area contributed by atoms with E-state index in [2.05, 4.69) is 15.5 Å². The Morgan fingerprint density at radius 2 is 2.12 bits per heavy atom. The maximum Gasteiger partial charge on any atom is 0.269 e. The number of carbonyl (C=O) groups is 2. The Labute approximate surface area is 141 Å². The highest BCUT2D eigenvalue weighted by Gasteiger charge is 2.19. The van der Waals surface area contributed by atoms with Crippen LogP contribution in [0.2, 0.25) is 0 Å². The molecule has 0 unspecified atom stereocenters. The molecule has 0 radical (unpaired) electrons. The van der Waals surface area contributed by atoms with E-state index in [0.29, 0.717) is 25.2 Å². The minimum Gasteiger partial charge on any atom is -0.351 e. The van der Waals surface area contributed by atoms with E-state index in [0.717, 1.165) is 30.6 Å². The first-order valence-electron chi connectivity index (χ1n) is 8.32. The molecule has 1 saturated heterocycles. The van der Waals surface area contributed by atoms with Crippen LogP contribution in [0.15, 0.2) is 30.3 Å². The van der Waals surface area contributed by atoms with Crippen LogP contribution in [0.25, 0.3) is 11.3 Å². The Kier molecular flexibility index (Phi) is 4.93. The van der Waals surface area contributed by atoms with Crippen molar-refractivity contribution in [1.82, 2.24) is 20.4 Å². The summed E-state index contributed by atoms with van der Waals surface area (Å²) in [5.41, 5.74) is 3.36. The van der Waals surface area contributed by atoms with Gasteiger partial charge in [-0.3, -0.25) is 14.7 Å². The summed E-state index contributed by atoms with van der Waals surface area (Å²) in [5, 5.41) is 9.84. The van der Waals surface area contributed by atoms with Crippen LogP contribution >= 0.6 is 0 Å². The molecule has 1 aromatic heterocycles. The first-order chi connectivity index (χ1) is 11.6. The van der Waals surface area contributed by atoms with Crippen molar-refractivity contribution in [2.75, 3.05) is 19.6 Å². The number of nitrogens with one attached hydrogen (secondary N) is 2. The van der Waals surface area contributed by atoms with Crippen LogP contribution in [0.1, 0.15) is 35.3 Å². The number of likely N-dealkylation sites (tertiary alicyclic amines) is 1. The van der Waals surface area contributed by atoms with Crippen molar-refractivity contribution in [2.45, 2.75) is 26.2 Å². The van der Waals surface area contributed by atoms with E-state index in [9.17, 15) is 9.59 Å². The third-order valence-corrected chi connectivity index (χ3v) is 4.23. The third kappa shape index (κ3) is 3.82. The zero-order valence-corrected chi connectivity index (χ0v) is 13.8. The van der Waals surface area contributed by atoms with Crippen LogP contribution in [0, 0.1) is 6.92 Å². The van der Waals surface area contributed by atoms with Gasteiger partial charge < -0.3 is 10.2 Å². The molecule has 0 atom stereocenters. The quantitative estimate of drug-likeness (QED) is 0.798. The molecule has 24 heavy (non-hydrogen) atoms. The Morgan fingerprint density at radius 1 is 1.33 bits per heavy atom. The second kappa shape index (κ2) is 7.29. The molecule has 6 nitrogen and oxygen atoms in total. The highest BCUT2D eigenvalue weighted by Crippen LogP contribution is 2.18. The summed E-state index contributed by atoms with van der Waals surface area (Å²) in [4.78, 5) is 25.5. The van der Waals surface area contributed by atoms with Crippen LogP contribution in [-0.2, 0) is 4.79 Å². The van der Waals surface area contributed by atoms with Gasteiger partial charge in [0.25, 0.3) is 5.91 Å². The van der Waals surface area contributed by atoms with Crippen molar-refractivity contribution < 1.29 is 9.59 Å². The van der Waals surface area contributed by atoms with E-state index in [4.69, 9.17) is 0 Å². The van der Waals surface area contributed by atoms with Crippen molar-refractivity contribution in [1.29, 1.82) is 0 Å². The van der Waals surface area contributed by atoms with Gasteiger partial charge in [0.15, 0.2) is 0 Å². The molecular weight excluding hydrogens is 304 g/mol. The van der Waals surface area contributed by atoms with Gasteiger partial charge in [-0.15, -0.1) is 0 Å². The average Bonchev–Trinajstić information content (AvgIpc) is 3.22. The van der Waals surface area contributed by atoms with E-state index in [1.807, 2.05) is 36.1 Å². The number of H-pyrrole nitrogens is 1. The summed E-state index contributed by atoms with van der Waals surface area (Å²) in [6.45, 7) is 4.12. The number of benzene rings is 1. The number of aryl methyl sites for hydroxylation is 1. The number of nitrogens with zero attached hydrogens (tertiary/aromatic N) is 2. The highest BCUT2D eigenvalue weighted by molar-refractivity contribution is 5.93. The number of hydrogen-bond donors (Lipinski definition) is 2. The van der Waals surface area contributed by atoms with Crippen molar-refractivity contribution in [3.63, 3.8) is 0 Å². The molecule has 3 rings (SSSR count). The largest absolute Gasteiger partial charge is 0.351 e. The monoisotopic (exact) mass is 326 g/mol. The second-order valence-electron chi connectivity index (χ2n) is 6.13. The summed E-state index contributed by atoms with van der Waals surface area (Å²) in [7, 11) is 0. The van der Waals surface area contributed by atoms with Crippen LogP contribution in [0.5, 0.6) is 0 Å². The molecule has 1 aromatic carbocycles. The zero-order chi connectivity index (χ0) is 16.9. The molecule has 2 aromatic rings. The van der Waals surface area contributed by atoms with Gasteiger partial charge in [-0.05, 0) is 25.8 Å². The van der Waals surface area contributed by atoms with Crippen molar-refractivity contribution in [3.8, 4) is 11.3 Å². The standard InChI is InChI=1S/C18H22N4O2/c1-13-5-7-14(8-6-13)15-12-16(21-20-15)18(24)19-9-3-11-22-10-2-4-17(22)23/h5-8,12H,2-4,9-11H2,1H3,(H,19,24)(H,20,21). The molecule has 0 spiro atoms. The minimum atomic E-state index is -0.173. The lowest BCUT2D eigenvalue weighted by Crippen LogP contribution is -2.30. The highest BCUT2D eigenvalue weighted by atomic mass is 16.2. The molecule has 0 bridgehead atoms. The van der Waals surface area contributed by atoms with Gasteiger partial charge in [-0.2, -0.15) is 5.10 Å². The topological polar surface area (TPSA) is 78.1 Å². The Balaban J connectivity index is 1.48. The summed E-state index contributed by atoms with van der Waals surface area (Å²) in [6.07, 6.45) is 2.36. The Morgan fingerprint density at radius 3 is 2.83 bits per heavy atom. The van der Waals surface area contributed by atoms with Crippen molar-refractivity contribution in [3.05, 3.63) is 41.6 Å². The predicted octanol–water partition coefficient (Wildman–Crippen LogP) is 2.13. The lowest BCUT2D eigenvalue weighted by atomic mass is 10.1. The second-order valence-corrected chi connectivity index (χ2v) is 6.13. The normalized spacial score (nSPS) is 14.2. The molecular formula is C18H22N4O2. The Bertz CT molecular complexity index is 721. The van der Waals surface area contributed by atoms with Gasteiger partial charge in [-0.1, -0.05) is 29.8 Å². The average molecular weight is 326 g/mol. The third-order valence-electron chi connectivity index (χ3n) is 4.23. The molecule has 1 aliphatic rings. The van der Waals surface area contributed by atoms with Gasteiger partial charge in [0.05, 0.1) is 5.69 Å². The zero-order valence-electron chi connectivity index (χ0n) is 13.8. The first-order valence-corrected chi connectivity index (χ1v) is 8.32. The number of aromatic amines is 1. The fourth-order valence-electron chi connectivity index (χ4n) is 2.82. The molecule has 126 valence electrons. The summed E-state index contributed by atoms with van der Waals surface area (Å²) >= 11 is 0. The number of amides is 2. The number of hydrogen-bond acceptors (Lipinski definition) is 3. The van der Waals surface area contributed by atoms with Gasteiger partial charge in [0, 0.05) is 31.6 Å². The lowest BCUT2D eigenvalue weighted by Gasteiger charge is -2.15. The van der Waals surface area contributed by atoms with Gasteiger partial charge in [0.1, 0.15) is 5.69 Å². The van der Waals surface area contributed by atoms with E-state index < -0.39 is 0 Å². The Hall–Kier alpha value is -2.63. The molecule has 0 saturated carbocycles. The van der Waals surface area contributed by atoms with Crippen molar-refractivity contribution >= 4 is 11.8 Å². The van der Waals surface area contributed by atoms with Crippen LogP contribution in [0.3, 0.4) is 0 Å². The maximum atomic E-state index is 12.1. The fraction of sp³-hybridized carbons (Fsp3) is 0.389. The van der Waals surface area contributed by atoms with Crippen LogP contribution in [-0.4, -0.2) is 46.5 Å². The van der Waals surface area contributed by atoms with Crippen LogP contribution in [0.4, 0.5) is 0 Å². The smallest absolute Gasteiger partial charge is 0.269 e. The molecule has 2 heterocycles. The van der Waals surface area contributed by atoms with Gasteiger partial charge in [0.2, 0.25) is 5.91 Å². The van der Waals surface area contributed by atoms with Gasteiger partial charge >= 0.3 is 0 Å². The summed E-state index contributed by atoms with van der Waals surface area (Å²) in [5.74, 6) is 0.0474. The van der Waals surface area contributed by atoms with E-state index >= 15 is 0 Å². The van der Waals surface area contributed by atoms with Crippen molar-refractivity contribution in [2.24, 2.45) is 0 Å². The molecule has 2 N–H and O–H groups in total. The number of carbonyl (C=O) groups excluding carboxylic acids is 2. The van der Waals surface area contributed by atoms with E-state index in [-0.39, 0.29) is 11.8 Å². The summed E-state index contributed by atoms with van der Waals surface area (Å²) < 4.78 is 0.